The largest absolute Gasteiger partial charge is 0.480 e. The van der Waals surface area contributed by atoms with Crippen molar-refractivity contribution >= 4 is 19.7 Å². The lowest BCUT2D eigenvalue weighted by Gasteiger charge is -2.14. The Hall–Kier alpha value is -1.99. The van der Waals surface area contributed by atoms with Crippen LogP contribution in [0.1, 0.15) is 71.1 Å². The number of phosphoric acid groups is 1. The van der Waals surface area contributed by atoms with Gasteiger partial charge in [-0.2, -0.15) is 0 Å². The van der Waals surface area contributed by atoms with E-state index in [1.54, 1.807) is 0 Å². The highest BCUT2D eigenvalue weighted by Gasteiger charge is 2.24. The van der Waals surface area contributed by atoms with Gasteiger partial charge in [-0.3, -0.25) is 9.32 Å². The number of rotatable bonds is 19. The van der Waals surface area contributed by atoms with Crippen LogP contribution in [0.4, 0.5) is 0 Å². The van der Waals surface area contributed by atoms with Crippen LogP contribution in [0.2, 0.25) is 0 Å². The third-order valence-corrected chi connectivity index (χ3v) is 4.76. The van der Waals surface area contributed by atoms with E-state index >= 15 is 0 Å². The molecule has 0 aromatic heterocycles. The smallest absolute Gasteiger partial charge is 0.469 e. The summed E-state index contributed by atoms with van der Waals surface area (Å²) in [4.78, 5) is 40.0. The SMILES string of the molecule is CCCCCC=CCC=CCC=CC/C=C\CCCC(=O)N[C@@H](COP(=O)(O)O)C(=O)O. The van der Waals surface area contributed by atoms with Gasteiger partial charge in [0, 0.05) is 6.42 Å². The lowest BCUT2D eigenvalue weighted by molar-refractivity contribution is -0.142. The van der Waals surface area contributed by atoms with E-state index < -0.39 is 32.3 Å². The summed E-state index contributed by atoms with van der Waals surface area (Å²) in [5.74, 6) is -1.94. The van der Waals surface area contributed by atoms with Gasteiger partial charge >= 0.3 is 13.8 Å². The summed E-state index contributed by atoms with van der Waals surface area (Å²) in [5.41, 5.74) is 0. The minimum Gasteiger partial charge on any atom is -0.480 e. The predicted molar refractivity (Wildman–Crippen MR) is 126 cm³/mol. The van der Waals surface area contributed by atoms with Gasteiger partial charge in [-0.15, -0.1) is 0 Å². The minimum atomic E-state index is -4.79. The molecule has 0 unspecified atom stereocenters. The summed E-state index contributed by atoms with van der Waals surface area (Å²) >= 11 is 0. The van der Waals surface area contributed by atoms with Crippen molar-refractivity contribution in [2.45, 2.75) is 77.2 Å². The van der Waals surface area contributed by atoms with E-state index in [9.17, 15) is 14.2 Å². The molecule has 9 heteroatoms. The zero-order chi connectivity index (χ0) is 24.1. The summed E-state index contributed by atoms with van der Waals surface area (Å²) in [6, 6.07) is -1.51. The van der Waals surface area contributed by atoms with E-state index in [1.807, 2.05) is 12.2 Å². The number of carboxylic acid groups (broad SMARTS) is 1. The van der Waals surface area contributed by atoms with Crippen molar-refractivity contribution in [2.24, 2.45) is 0 Å². The second-order valence-electron chi connectivity index (χ2n) is 7.23. The molecule has 8 nitrogen and oxygen atoms in total. The Morgan fingerprint density at radius 1 is 0.875 bits per heavy atom. The van der Waals surface area contributed by atoms with Crippen LogP contribution >= 0.6 is 7.82 Å². The van der Waals surface area contributed by atoms with Crippen molar-refractivity contribution < 1.29 is 33.6 Å². The maximum Gasteiger partial charge on any atom is 0.469 e. The number of carbonyl (C=O) groups is 2. The number of hydrogen-bond donors (Lipinski definition) is 4. The number of carboxylic acids is 1. The predicted octanol–water partition coefficient (Wildman–Crippen LogP) is 4.81. The fourth-order valence-electron chi connectivity index (χ4n) is 2.55. The summed E-state index contributed by atoms with van der Waals surface area (Å²) in [5, 5.41) is 11.2. The molecular weight excluding hydrogens is 433 g/mol. The summed E-state index contributed by atoms with van der Waals surface area (Å²) in [6.45, 7) is 1.40. The van der Waals surface area contributed by atoms with Gasteiger partial charge in [0.25, 0.3) is 0 Å². The Labute approximate surface area is 191 Å². The van der Waals surface area contributed by atoms with Gasteiger partial charge in [-0.25, -0.2) is 9.36 Å². The molecule has 1 atom stereocenters. The highest BCUT2D eigenvalue weighted by atomic mass is 31.2. The Bertz CT molecular complexity index is 680. The van der Waals surface area contributed by atoms with Gasteiger partial charge in [0.15, 0.2) is 6.04 Å². The van der Waals surface area contributed by atoms with Crippen LogP contribution in [0.15, 0.2) is 48.6 Å². The number of carbonyl (C=O) groups excluding carboxylic acids is 1. The molecule has 4 N–H and O–H groups in total. The van der Waals surface area contributed by atoms with Gasteiger partial charge < -0.3 is 20.2 Å². The molecule has 1 amide bonds. The first kappa shape index (κ1) is 30.0. The standard InChI is InChI=1S/C23H38NO7P/c1-2-3-4-5-6-7-8-9-10-11-12-13-14-15-16-17-18-19-22(25)24-21(23(26)27)20-31-32(28,29)30/h6-7,9-10,12-13,15-16,21H,2-5,8,11,14,17-20H2,1H3,(H,24,25)(H,26,27)(H2,28,29,30)/b7-6?,10-9?,13-12?,16-15-/t21-/m0/s1. The highest BCUT2D eigenvalue weighted by Crippen LogP contribution is 2.35. The third-order valence-electron chi connectivity index (χ3n) is 4.27. The van der Waals surface area contributed by atoms with Gasteiger partial charge in [0.05, 0.1) is 6.61 Å². The average molecular weight is 472 g/mol. The molecule has 32 heavy (non-hydrogen) atoms. The number of aliphatic carboxylic acids is 1. The summed E-state index contributed by atoms with van der Waals surface area (Å²) < 4.78 is 14.8. The first-order valence-corrected chi connectivity index (χ1v) is 12.6. The van der Waals surface area contributed by atoms with Crippen LogP contribution < -0.4 is 5.32 Å². The highest BCUT2D eigenvalue weighted by molar-refractivity contribution is 7.46. The van der Waals surface area contributed by atoms with Crippen LogP contribution in [0.25, 0.3) is 0 Å². The lowest BCUT2D eigenvalue weighted by Crippen LogP contribution is -2.43. The molecule has 0 saturated carbocycles. The fourth-order valence-corrected chi connectivity index (χ4v) is 2.90. The molecule has 0 aliphatic rings. The maximum atomic E-state index is 11.8. The van der Waals surface area contributed by atoms with Gasteiger partial charge in [-0.05, 0) is 44.9 Å². The Morgan fingerprint density at radius 3 is 1.84 bits per heavy atom. The van der Waals surface area contributed by atoms with Crippen molar-refractivity contribution in [1.82, 2.24) is 5.32 Å². The van der Waals surface area contributed by atoms with E-state index in [2.05, 4.69) is 53.2 Å². The van der Waals surface area contributed by atoms with E-state index in [1.165, 1.54) is 19.3 Å². The number of unbranched alkanes of at least 4 members (excludes halogenated alkanes) is 4. The quantitative estimate of drug-likeness (QED) is 0.121. The number of nitrogens with one attached hydrogen (secondary N) is 1. The molecule has 0 aliphatic carbocycles. The Balaban J connectivity index is 3.83. The number of allylic oxidation sites excluding steroid dienone is 8. The zero-order valence-electron chi connectivity index (χ0n) is 18.9. The van der Waals surface area contributed by atoms with E-state index in [-0.39, 0.29) is 6.42 Å². The first-order valence-electron chi connectivity index (χ1n) is 11.1. The molecule has 182 valence electrons. The molecule has 0 aliphatic heterocycles. The van der Waals surface area contributed by atoms with Crippen LogP contribution in [-0.4, -0.2) is 39.4 Å². The van der Waals surface area contributed by atoms with Crippen LogP contribution in [0, 0.1) is 0 Å². The summed E-state index contributed by atoms with van der Waals surface area (Å²) in [7, 11) is -4.79. The second kappa shape index (κ2) is 19.7. The lowest BCUT2D eigenvalue weighted by atomic mass is 10.2. The Kier molecular flexibility index (Phi) is 18.5. The van der Waals surface area contributed by atoms with Crippen molar-refractivity contribution in [1.29, 1.82) is 0 Å². The molecule has 0 bridgehead atoms. The molecule has 0 fully saturated rings. The molecule has 0 radical (unpaired) electrons. The topological polar surface area (TPSA) is 133 Å². The molecule has 0 aromatic rings. The normalized spacial score (nSPS) is 13.6. The molecular formula is C23H38NO7P. The maximum absolute atomic E-state index is 11.8. The van der Waals surface area contributed by atoms with E-state index in [4.69, 9.17) is 14.9 Å². The number of hydrogen-bond acceptors (Lipinski definition) is 4. The average Bonchev–Trinajstić information content (AvgIpc) is 2.72. The Morgan fingerprint density at radius 2 is 1.38 bits per heavy atom. The van der Waals surface area contributed by atoms with Crippen molar-refractivity contribution in [3.8, 4) is 0 Å². The van der Waals surface area contributed by atoms with Crippen molar-refractivity contribution in [2.75, 3.05) is 6.61 Å². The molecule has 0 spiro atoms. The van der Waals surface area contributed by atoms with Gasteiger partial charge in [0.1, 0.15) is 0 Å². The molecule has 0 heterocycles. The number of amides is 1. The summed E-state index contributed by atoms with van der Waals surface area (Å²) in [6.07, 6.45) is 25.9. The number of phosphoric ester groups is 1. The minimum absolute atomic E-state index is 0.109. The molecule has 0 aromatic carbocycles. The van der Waals surface area contributed by atoms with Gasteiger partial charge in [0.2, 0.25) is 5.91 Å². The van der Waals surface area contributed by atoms with Crippen LogP contribution in [-0.2, 0) is 18.7 Å². The first-order chi connectivity index (χ1) is 15.3. The third kappa shape index (κ3) is 21.2. The van der Waals surface area contributed by atoms with E-state index in [0.29, 0.717) is 12.8 Å². The van der Waals surface area contributed by atoms with Crippen molar-refractivity contribution in [3.05, 3.63) is 48.6 Å². The molecule has 0 rings (SSSR count). The van der Waals surface area contributed by atoms with E-state index in [0.717, 1.165) is 25.7 Å². The second-order valence-corrected chi connectivity index (χ2v) is 8.46. The monoisotopic (exact) mass is 471 g/mol. The van der Waals surface area contributed by atoms with Gasteiger partial charge in [-0.1, -0.05) is 68.4 Å². The van der Waals surface area contributed by atoms with Crippen LogP contribution in [0.3, 0.4) is 0 Å². The van der Waals surface area contributed by atoms with Crippen molar-refractivity contribution in [3.63, 3.8) is 0 Å². The fraction of sp³-hybridized carbons (Fsp3) is 0.565. The van der Waals surface area contributed by atoms with Crippen LogP contribution in [0.5, 0.6) is 0 Å². The molecule has 0 saturated heterocycles. The zero-order valence-corrected chi connectivity index (χ0v) is 19.8.